The van der Waals surface area contributed by atoms with Gasteiger partial charge in [-0.3, -0.25) is 9.59 Å². The molecule has 0 radical (unpaired) electrons. The molecule has 0 unspecified atom stereocenters. The molecule has 1 atom stereocenters. The van der Waals surface area contributed by atoms with Crippen LogP contribution in [0.25, 0.3) is 0 Å². The van der Waals surface area contributed by atoms with Crippen molar-refractivity contribution in [1.82, 2.24) is 4.98 Å². The second kappa shape index (κ2) is 5.17. The Hall–Kier alpha value is -1.58. The second-order valence-electron chi connectivity index (χ2n) is 4.44. The fourth-order valence-electron chi connectivity index (χ4n) is 2.15. The van der Waals surface area contributed by atoms with Gasteiger partial charge in [0.25, 0.3) is 0 Å². The van der Waals surface area contributed by atoms with Crippen LogP contribution in [0.5, 0.6) is 0 Å². The normalized spacial score (nSPS) is 16.5. The molecule has 0 amide bonds. The van der Waals surface area contributed by atoms with Gasteiger partial charge in [0.2, 0.25) is 5.56 Å². The summed E-state index contributed by atoms with van der Waals surface area (Å²) < 4.78 is 4.98. The number of esters is 1. The van der Waals surface area contributed by atoms with E-state index in [-0.39, 0.29) is 17.4 Å². The highest BCUT2D eigenvalue weighted by atomic mass is 16.5. The van der Waals surface area contributed by atoms with E-state index < -0.39 is 0 Å². The first-order chi connectivity index (χ1) is 8.20. The number of hydrogen-bond acceptors (Lipinski definition) is 3. The largest absolute Gasteiger partial charge is 0.466 e. The van der Waals surface area contributed by atoms with Gasteiger partial charge >= 0.3 is 5.97 Å². The van der Waals surface area contributed by atoms with Gasteiger partial charge in [0.05, 0.1) is 13.0 Å². The fourth-order valence-corrected chi connectivity index (χ4v) is 2.15. The summed E-state index contributed by atoms with van der Waals surface area (Å²) in [6.45, 7) is 2.21. The minimum absolute atomic E-state index is 0.114. The van der Waals surface area contributed by atoms with Gasteiger partial charge in [-0.1, -0.05) is 0 Å². The van der Waals surface area contributed by atoms with Crippen LogP contribution in [0.1, 0.15) is 37.7 Å². The number of hydrogen-bond donors (Lipinski definition) is 1. The number of aromatic amines is 1. The molecule has 1 aliphatic rings. The molecule has 1 saturated carbocycles. The molecule has 92 valence electrons. The van der Waals surface area contributed by atoms with E-state index in [9.17, 15) is 9.59 Å². The van der Waals surface area contributed by atoms with Crippen LogP contribution in [0, 0.1) is 5.92 Å². The number of nitrogens with one attached hydrogen (secondary N) is 1. The second-order valence-corrected chi connectivity index (χ2v) is 4.44. The average Bonchev–Trinajstić information content (AvgIpc) is 3.10. The maximum absolute atomic E-state index is 11.5. The van der Waals surface area contributed by atoms with Crippen LogP contribution in [-0.4, -0.2) is 17.6 Å². The quantitative estimate of drug-likeness (QED) is 0.792. The number of ether oxygens (including phenoxy) is 1. The Morgan fingerprint density at radius 2 is 2.35 bits per heavy atom. The van der Waals surface area contributed by atoms with E-state index in [0.29, 0.717) is 18.9 Å². The molecule has 1 aromatic rings. The highest BCUT2D eigenvalue weighted by Gasteiger charge is 2.34. The predicted octanol–water partition coefficient (Wildman–Crippen LogP) is 1.82. The van der Waals surface area contributed by atoms with Gasteiger partial charge in [-0.2, -0.15) is 0 Å². The van der Waals surface area contributed by atoms with Crippen molar-refractivity contribution in [3.63, 3.8) is 0 Å². The number of aromatic nitrogens is 1. The first-order valence-corrected chi connectivity index (χ1v) is 6.05. The van der Waals surface area contributed by atoms with Crippen LogP contribution in [0.3, 0.4) is 0 Å². The summed E-state index contributed by atoms with van der Waals surface area (Å²) in [4.78, 5) is 25.4. The third kappa shape index (κ3) is 3.19. The molecule has 0 aliphatic heterocycles. The number of H-pyrrole nitrogens is 1. The molecule has 1 aliphatic carbocycles. The van der Waals surface area contributed by atoms with Crippen molar-refractivity contribution in [3.8, 4) is 0 Å². The van der Waals surface area contributed by atoms with Crippen molar-refractivity contribution in [1.29, 1.82) is 0 Å². The maximum Gasteiger partial charge on any atom is 0.306 e. The Morgan fingerprint density at radius 1 is 1.59 bits per heavy atom. The Labute approximate surface area is 100 Å². The highest BCUT2D eigenvalue weighted by molar-refractivity contribution is 5.70. The topological polar surface area (TPSA) is 59.2 Å². The molecule has 1 heterocycles. The third-order valence-electron chi connectivity index (χ3n) is 3.11. The zero-order chi connectivity index (χ0) is 12.3. The van der Waals surface area contributed by atoms with Crippen LogP contribution >= 0.6 is 0 Å². The summed E-state index contributed by atoms with van der Waals surface area (Å²) in [5.41, 5.74) is 0.835. The van der Waals surface area contributed by atoms with E-state index in [1.54, 1.807) is 19.2 Å². The van der Waals surface area contributed by atoms with E-state index in [0.717, 1.165) is 18.4 Å². The standard InChI is InChI=1S/C13H17NO3/c1-2-17-13(16)8-11(9-3-4-9)10-5-6-14-12(15)7-10/h5-7,9,11H,2-4,8H2,1H3,(H,14,15)/t11-/m0/s1. The maximum atomic E-state index is 11.5. The minimum atomic E-state index is -0.176. The van der Waals surface area contributed by atoms with Gasteiger partial charge in [0, 0.05) is 12.3 Å². The number of pyridine rings is 1. The molecule has 4 heteroatoms. The molecule has 2 rings (SSSR count). The highest BCUT2D eigenvalue weighted by Crippen LogP contribution is 2.44. The van der Waals surface area contributed by atoms with Gasteiger partial charge in [-0.05, 0) is 43.2 Å². The van der Waals surface area contributed by atoms with Gasteiger partial charge < -0.3 is 9.72 Å². The molecule has 1 fully saturated rings. The van der Waals surface area contributed by atoms with E-state index >= 15 is 0 Å². The summed E-state index contributed by atoms with van der Waals surface area (Å²) in [6, 6.07) is 3.46. The number of carbonyl (C=O) groups excluding carboxylic acids is 1. The van der Waals surface area contributed by atoms with Gasteiger partial charge in [0.1, 0.15) is 0 Å². The van der Waals surface area contributed by atoms with Crippen molar-refractivity contribution in [2.75, 3.05) is 6.61 Å². The Balaban J connectivity index is 2.12. The Kier molecular flexibility index (Phi) is 3.61. The monoisotopic (exact) mass is 235 g/mol. The van der Waals surface area contributed by atoms with E-state index in [1.165, 1.54) is 0 Å². The lowest BCUT2D eigenvalue weighted by Gasteiger charge is -2.15. The summed E-state index contributed by atoms with van der Waals surface area (Å²) in [5, 5.41) is 0. The lowest BCUT2D eigenvalue weighted by molar-refractivity contribution is -0.143. The molecule has 0 bridgehead atoms. The van der Waals surface area contributed by atoms with Crippen molar-refractivity contribution in [2.24, 2.45) is 5.92 Å². The van der Waals surface area contributed by atoms with Crippen molar-refractivity contribution >= 4 is 5.97 Å². The zero-order valence-corrected chi connectivity index (χ0v) is 9.94. The van der Waals surface area contributed by atoms with Crippen LogP contribution in [0.15, 0.2) is 23.1 Å². The summed E-state index contributed by atoms with van der Waals surface area (Å²) >= 11 is 0. The summed E-state index contributed by atoms with van der Waals surface area (Å²) in [7, 11) is 0. The zero-order valence-electron chi connectivity index (χ0n) is 9.94. The SMILES string of the molecule is CCOC(=O)C[C@H](c1cc[nH]c(=O)c1)C1CC1. The molecular formula is C13H17NO3. The van der Waals surface area contributed by atoms with Gasteiger partial charge in [-0.15, -0.1) is 0 Å². The first-order valence-electron chi connectivity index (χ1n) is 6.05. The van der Waals surface area contributed by atoms with Gasteiger partial charge in [0.15, 0.2) is 0 Å². The molecule has 0 aromatic carbocycles. The molecular weight excluding hydrogens is 218 g/mol. The van der Waals surface area contributed by atoms with E-state index in [2.05, 4.69) is 4.98 Å². The molecule has 0 saturated heterocycles. The lowest BCUT2D eigenvalue weighted by Crippen LogP contribution is -2.14. The molecule has 17 heavy (non-hydrogen) atoms. The summed E-state index contributed by atoms with van der Waals surface area (Å²) in [6.07, 6.45) is 4.29. The van der Waals surface area contributed by atoms with Crippen molar-refractivity contribution < 1.29 is 9.53 Å². The smallest absolute Gasteiger partial charge is 0.306 e. The Morgan fingerprint density at radius 3 is 2.94 bits per heavy atom. The number of rotatable bonds is 5. The van der Waals surface area contributed by atoms with Gasteiger partial charge in [-0.25, -0.2) is 0 Å². The molecule has 0 spiro atoms. The van der Waals surface area contributed by atoms with Crippen LogP contribution in [0.4, 0.5) is 0 Å². The van der Waals surface area contributed by atoms with Crippen molar-refractivity contribution in [3.05, 3.63) is 34.2 Å². The minimum Gasteiger partial charge on any atom is -0.466 e. The summed E-state index contributed by atoms with van der Waals surface area (Å²) in [5.74, 6) is 0.488. The molecule has 1 N–H and O–H groups in total. The van der Waals surface area contributed by atoms with Crippen LogP contribution in [0.2, 0.25) is 0 Å². The third-order valence-corrected chi connectivity index (χ3v) is 3.11. The fraction of sp³-hybridized carbons (Fsp3) is 0.538. The van der Waals surface area contributed by atoms with Crippen LogP contribution < -0.4 is 5.56 Å². The van der Waals surface area contributed by atoms with Crippen molar-refractivity contribution in [2.45, 2.75) is 32.1 Å². The van der Waals surface area contributed by atoms with Crippen LogP contribution in [-0.2, 0) is 9.53 Å². The first kappa shape index (κ1) is 11.9. The average molecular weight is 235 g/mol. The van der Waals surface area contributed by atoms with E-state index in [1.807, 2.05) is 6.07 Å². The van der Waals surface area contributed by atoms with E-state index in [4.69, 9.17) is 4.74 Å². The lowest BCUT2D eigenvalue weighted by atomic mass is 9.92. The number of carbonyl (C=O) groups is 1. The molecule has 1 aromatic heterocycles. The Bertz CT molecular complexity index is 448. The predicted molar refractivity (Wildman–Crippen MR) is 63.8 cm³/mol. The molecule has 4 nitrogen and oxygen atoms in total.